The first-order valence-electron chi connectivity index (χ1n) is 8.24. The highest BCUT2D eigenvalue weighted by Gasteiger charge is 2.08. The van der Waals surface area contributed by atoms with Crippen LogP contribution in [0.2, 0.25) is 0 Å². The lowest BCUT2D eigenvalue weighted by atomic mass is 10.2. The molecule has 0 spiro atoms. The summed E-state index contributed by atoms with van der Waals surface area (Å²) in [6, 6.07) is 10.4. The topological polar surface area (TPSA) is 194 Å². The second-order valence-electron chi connectivity index (χ2n) is 6.07. The van der Waals surface area contributed by atoms with Crippen LogP contribution in [-0.4, -0.2) is 54.1 Å². The molecule has 0 aliphatic heterocycles. The molecule has 0 radical (unpaired) electrons. The molecule has 4 rings (SSSR count). The van der Waals surface area contributed by atoms with Gasteiger partial charge >= 0.3 is 10.4 Å². The zero-order valence-corrected chi connectivity index (χ0v) is 16.2. The number of rotatable bonds is 3. The quantitative estimate of drug-likeness (QED) is 0.121. The minimum Gasteiger partial charge on any atom is -0.504 e. The number of phenols is 2. The average molecular weight is 432 g/mol. The van der Waals surface area contributed by atoms with Gasteiger partial charge in [-0.3, -0.25) is 9.11 Å². The standard InChI is InChI=1S/C17H14N6O2.H2O4S/c1-9-2-4-12-11(6-9)15-16(19-12)20-17(23-21-15)22-18-8-10-3-5-13(24)14(25)7-10;1-5(2,3)4/h2-8,24-25H,1H3,(H2,19,20,22,23);(H2,1,2,3,4)/b18-8+;. The molecule has 0 fully saturated rings. The second kappa shape index (κ2) is 8.28. The Morgan fingerprint density at radius 3 is 2.50 bits per heavy atom. The average Bonchev–Trinajstić information content (AvgIpc) is 3.00. The molecule has 13 heteroatoms. The van der Waals surface area contributed by atoms with E-state index in [1.807, 2.05) is 25.1 Å². The predicted molar refractivity (Wildman–Crippen MR) is 109 cm³/mol. The molecule has 12 nitrogen and oxygen atoms in total. The van der Waals surface area contributed by atoms with Gasteiger partial charge in [-0.15, -0.1) is 10.2 Å². The second-order valence-corrected chi connectivity index (χ2v) is 6.97. The van der Waals surface area contributed by atoms with Crippen LogP contribution in [0.15, 0.2) is 41.5 Å². The van der Waals surface area contributed by atoms with Crippen LogP contribution in [0.3, 0.4) is 0 Å². The fourth-order valence-electron chi connectivity index (χ4n) is 2.52. The maximum absolute atomic E-state index is 9.45. The first-order valence-corrected chi connectivity index (χ1v) is 9.63. The Bertz CT molecular complexity index is 1340. The summed E-state index contributed by atoms with van der Waals surface area (Å²) < 4.78 is 31.6. The van der Waals surface area contributed by atoms with Crippen molar-refractivity contribution in [2.24, 2.45) is 5.10 Å². The van der Waals surface area contributed by atoms with Gasteiger partial charge in [-0.25, -0.2) is 5.43 Å². The van der Waals surface area contributed by atoms with Crippen LogP contribution in [0.5, 0.6) is 11.5 Å². The van der Waals surface area contributed by atoms with E-state index in [1.165, 1.54) is 18.3 Å². The number of nitrogens with zero attached hydrogens (tertiary/aromatic N) is 4. The molecule has 2 heterocycles. The molecule has 0 aliphatic rings. The number of aromatic amines is 1. The Morgan fingerprint density at radius 1 is 1.07 bits per heavy atom. The van der Waals surface area contributed by atoms with E-state index in [2.05, 4.69) is 30.7 Å². The summed E-state index contributed by atoms with van der Waals surface area (Å²) in [5.41, 5.74) is 6.72. The number of aryl methyl sites for hydroxylation is 1. The van der Waals surface area contributed by atoms with E-state index in [-0.39, 0.29) is 17.4 Å². The summed E-state index contributed by atoms with van der Waals surface area (Å²) in [4.78, 5) is 7.56. The number of fused-ring (bicyclic) bond motifs is 3. The van der Waals surface area contributed by atoms with Gasteiger partial charge in [-0.05, 0) is 42.8 Å². The van der Waals surface area contributed by atoms with Gasteiger partial charge < -0.3 is 15.2 Å². The third-order valence-electron chi connectivity index (χ3n) is 3.75. The van der Waals surface area contributed by atoms with Crippen molar-refractivity contribution < 1.29 is 27.7 Å². The maximum Gasteiger partial charge on any atom is 0.394 e. The molecule has 0 aliphatic carbocycles. The van der Waals surface area contributed by atoms with Crippen LogP contribution in [0, 0.1) is 6.92 Å². The Morgan fingerprint density at radius 2 is 1.80 bits per heavy atom. The van der Waals surface area contributed by atoms with E-state index in [0.29, 0.717) is 16.7 Å². The molecule has 156 valence electrons. The molecule has 0 atom stereocenters. The molecule has 0 unspecified atom stereocenters. The first-order chi connectivity index (χ1) is 14.1. The zero-order valence-electron chi connectivity index (χ0n) is 15.3. The van der Waals surface area contributed by atoms with E-state index < -0.39 is 10.4 Å². The summed E-state index contributed by atoms with van der Waals surface area (Å²) in [7, 11) is -4.67. The van der Waals surface area contributed by atoms with Crippen molar-refractivity contribution in [3.05, 3.63) is 47.5 Å². The van der Waals surface area contributed by atoms with Crippen LogP contribution in [0.25, 0.3) is 22.1 Å². The first kappa shape index (κ1) is 20.9. The number of benzene rings is 2. The summed E-state index contributed by atoms with van der Waals surface area (Å²) >= 11 is 0. The van der Waals surface area contributed by atoms with E-state index in [4.69, 9.17) is 17.5 Å². The van der Waals surface area contributed by atoms with Gasteiger partial charge in [0, 0.05) is 10.9 Å². The highest BCUT2D eigenvalue weighted by atomic mass is 32.3. The number of nitrogens with one attached hydrogen (secondary N) is 2. The molecule has 0 saturated carbocycles. The van der Waals surface area contributed by atoms with E-state index in [0.717, 1.165) is 16.5 Å². The van der Waals surface area contributed by atoms with Gasteiger partial charge in [0.15, 0.2) is 17.1 Å². The van der Waals surface area contributed by atoms with Crippen LogP contribution in [-0.2, 0) is 10.4 Å². The number of hydrazone groups is 1. The number of hydrogen-bond donors (Lipinski definition) is 6. The van der Waals surface area contributed by atoms with Gasteiger partial charge in [-0.1, -0.05) is 11.6 Å². The molecule has 30 heavy (non-hydrogen) atoms. The molecule has 0 bridgehead atoms. The highest BCUT2D eigenvalue weighted by Crippen LogP contribution is 2.24. The van der Waals surface area contributed by atoms with Crippen molar-refractivity contribution in [3.8, 4) is 11.5 Å². The summed E-state index contributed by atoms with van der Waals surface area (Å²) in [5.74, 6) is -0.149. The number of hydrogen-bond acceptors (Lipinski definition) is 9. The van der Waals surface area contributed by atoms with Crippen molar-refractivity contribution in [2.45, 2.75) is 6.92 Å². The number of anilines is 1. The Balaban J connectivity index is 0.000000461. The molecular weight excluding hydrogens is 416 g/mol. The lowest BCUT2D eigenvalue weighted by Gasteiger charge is -1.99. The third kappa shape index (κ3) is 5.38. The monoisotopic (exact) mass is 432 g/mol. The smallest absolute Gasteiger partial charge is 0.394 e. The van der Waals surface area contributed by atoms with Crippen molar-refractivity contribution in [1.82, 2.24) is 20.2 Å². The normalized spacial score (nSPS) is 11.6. The van der Waals surface area contributed by atoms with Gasteiger partial charge in [0.2, 0.25) is 0 Å². The molecule has 0 saturated heterocycles. The Labute approximate surface area is 169 Å². The third-order valence-corrected chi connectivity index (χ3v) is 3.75. The van der Waals surface area contributed by atoms with Crippen LogP contribution in [0.4, 0.5) is 5.95 Å². The molecule has 6 N–H and O–H groups in total. The van der Waals surface area contributed by atoms with Crippen LogP contribution in [0.1, 0.15) is 11.1 Å². The summed E-state index contributed by atoms with van der Waals surface area (Å²) in [6.07, 6.45) is 1.47. The minimum atomic E-state index is -4.67. The van der Waals surface area contributed by atoms with E-state index in [9.17, 15) is 10.2 Å². The summed E-state index contributed by atoms with van der Waals surface area (Å²) in [5, 5.41) is 32.0. The van der Waals surface area contributed by atoms with Gasteiger partial charge in [0.1, 0.15) is 5.52 Å². The number of aromatic hydroxyl groups is 2. The number of H-pyrrole nitrogens is 1. The van der Waals surface area contributed by atoms with Crippen molar-refractivity contribution in [3.63, 3.8) is 0 Å². The van der Waals surface area contributed by atoms with E-state index >= 15 is 0 Å². The minimum absolute atomic E-state index is 0.183. The Kier molecular flexibility index (Phi) is 5.77. The van der Waals surface area contributed by atoms with Crippen LogP contribution < -0.4 is 5.43 Å². The fourth-order valence-corrected chi connectivity index (χ4v) is 2.52. The van der Waals surface area contributed by atoms with E-state index in [1.54, 1.807) is 6.07 Å². The molecule has 4 aromatic rings. The van der Waals surface area contributed by atoms with Crippen molar-refractivity contribution >= 4 is 44.6 Å². The SMILES string of the molecule is Cc1ccc2[nH]c3nc(N/N=C/c4ccc(O)c(O)c4)nnc3c2c1.O=S(=O)(O)O. The zero-order chi connectivity index (χ0) is 21.9. The van der Waals surface area contributed by atoms with Gasteiger partial charge in [-0.2, -0.15) is 18.5 Å². The number of aromatic nitrogens is 4. The number of phenolic OH excluding ortho intramolecular Hbond substituents is 2. The fraction of sp³-hybridized carbons (Fsp3) is 0.0588. The molecule has 0 amide bonds. The highest BCUT2D eigenvalue weighted by molar-refractivity contribution is 7.79. The van der Waals surface area contributed by atoms with Crippen LogP contribution >= 0.6 is 0 Å². The van der Waals surface area contributed by atoms with Crippen molar-refractivity contribution in [1.29, 1.82) is 0 Å². The molecular formula is C17H16N6O6S. The lowest BCUT2D eigenvalue weighted by molar-refractivity contribution is 0.381. The van der Waals surface area contributed by atoms with Crippen molar-refractivity contribution in [2.75, 3.05) is 5.43 Å². The molecule has 2 aromatic carbocycles. The Hall–Kier alpha value is -3.81. The van der Waals surface area contributed by atoms with Gasteiger partial charge in [0.05, 0.1) is 6.21 Å². The predicted octanol–water partition coefficient (Wildman–Crippen LogP) is 2.02. The van der Waals surface area contributed by atoms with Gasteiger partial charge in [0.25, 0.3) is 5.95 Å². The largest absolute Gasteiger partial charge is 0.504 e. The lowest BCUT2D eigenvalue weighted by Crippen LogP contribution is -1.99. The molecule has 2 aromatic heterocycles. The maximum atomic E-state index is 9.45. The summed E-state index contributed by atoms with van der Waals surface area (Å²) in [6.45, 7) is 2.02.